The van der Waals surface area contributed by atoms with Crippen LogP contribution in [-0.2, 0) is 0 Å². The maximum atomic E-state index is 11.7. The molecular formula is C17H21N5O2. The second-order valence-electron chi connectivity index (χ2n) is 5.75. The summed E-state index contributed by atoms with van der Waals surface area (Å²) in [4.78, 5) is 26.6. The summed E-state index contributed by atoms with van der Waals surface area (Å²) >= 11 is 0. The number of rotatable bonds is 4. The molecule has 0 bridgehead atoms. The van der Waals surface area contributed by atoms with Crippen LogP contribution in [0.5, 0.6) is 5.75 Å². The topological polar surface area (TPSA) is 80.2 Å². The molecule has 126 valence electrons. The zero-order valence-electron chi connectivity index (χ0n) is 13.9. The summed E-state index contributed by atoms with van der Waals surface area (Å²) in [6.45, 7) is 3.60. The van der Waals surface area contributed by atoms with Crippen LogP contribution in [0, 0.1) is 6.92 Å². The van der Waals surface area contributed by atoms with Gasteiger partial charge in [0, 0.05) is 32.1 Å². The lowest BCUT2D eigenvalue weighted by Gasteiger charge is -2.33. The Morgan fingerprint density at radius 2 is 2.17 bits per heavy atom. The Labute approximate surface area is 141 Å². The van der Waals surface area contributed by atoms with Crippen LogP contribution in [0.2, 0.25) is 0 Å². The molecule has 0 aromatic carbocycles. The monoisotopic (exact) mass is 327 g/mol. The second kappa shape index (κ2) is 7.25. The molecule has 0 spiro atoms. The van der Waals surface area contributed by atoms with Crippen molar-refractivity contribution in [3.05, 3.63) is 42.1 Å². The summed E-state index contributed by atoms with van der Waals surface area (Å²) < 4.78 is 6.07. The Balaban J connectivity index is 1.68. The SMILES string of the molecule is CNC(=O)c1cc(OC2CCCN(c3ccnc(C)n3)C2)ccn1. The Bertz CT molecular complexity index is 722. The molecule has 0 radical (unpaired) electrons. The van der Waals surface area contributed by atoms with E-state index in [-0.39, 0.29) is 12.0 Å². The van der Waals surface area contributed by atoms with Gasteiger partial charge >= 0.3 is 0 Å². The van der Waals surface area contributed by atoms with Crippen LogP contribution in [0.1, 0.15) is 29.2 Å². The highest BCUT2D eigenvalue weighted by Gasteiger charge is 2.22. The Kier molecular flexibility index (Phi) is 4.88. The fraction of sp³-hybridized carbons (Fsp3) is 0.412. The third kappa shape index (κ3) is 3.79. The van der Waals surface area contributed by atoms with E-state index in [4.69, 9.17) is 4.74 Å². The van der Waals surface area contributed by atoms with E-state index in [1.165, 1.54) is 0 Å². The summed E-state index contributed by atoms with van der Waals surface area (Å²) in [5.41, 5.74) is 0.356. The minimum atomic E-state index is -0.220. The molecule has 1 unspecified atom stereocenters. The second-order valence-corrected chi connectivity index (χ2v) is 5.75. The summed E-state index contributed by atoms with van der Waals surface area (Å²) in [5, 5.41) is 2.57. The van der Waals surface area contributed by atoms with E-state index in [0.717, 1.165) is 37.6 Å². The third-order valence-electron chi connectivity index (χ3n) is 3.96. The number of carbonyl (C=O) groups excluding carboxylic acids is 1. The Morgan fingerprint density at radius 3 is 2.96 bits per heavy atom. The zero-order valence-corrected chi connectivity index (χ0v) is 13.9. The molecule has 3 rings (SSSR count). The van der Waals surface area contributed by atoms with Gasteiger partial charge in [-0.3, -0.25) is 9.78 Å². The van der Waals surface area contributed by atoms with Crippen LogP contribution in [0.15, 0.2) is 30.6 Å². The number of hydrogen-bond acceptors (Lipinski definition) is 6. The van der Waals surface area contributed by atoms with Gasteiger partial charge in [-0.1, -0.05) is 0 Å². The average Bonchev–Trinajstić information content (AvgIpc) is 2.61. The van der Waals surface area contributed by atoms with E-state index in [2.05, 4.69) is 25.2 Å². The van der Waals surface area contributed by atoms with Crippen molar-refractivity contribution < 1.29 is 9.53 Å². The molecule has 0 aliphatic carbocycles. The Morgan fingerprint density at radius 1 is 1.33 bits per heavy atom. The van der Waals surface area contributed by atoms with Gasteiger partial charge < -0.3 is 15.0 Å². The van der Waals surface area contributed by atoms with Crippen molar-refractivity contribution in [2.45, 2.75) is 25.9 Å². The van der Waals surface area contributed by atoms with Crippen molar-refractivity contribution in [3.63, 3.8) is 0 Å². The summed E-state index contributed by atoms with van der Waals surface area (Å²) in [6.07, 6.45) is 5.42. The van der Waals surface area contributed by atoms with Gasteiger partial charge in [-0.15, -0.1) is 0 Å². The molecule has 1 aliphatic rings. The normalized spacial score (nSPS) is 17.4. The number of ether oxygens (including phenoxy) is 1. The first-order valence-corrected chi connectivity index (χ1v) is 8.05. The lowest BCUT2D eigenvalue weighted by atomic mass is 10.1. The lowest BCUT2D eigenvalue weighted by Crippen LogP contribution is -2.41. The molecule has 1 aliphatic heterocycles. The van der Waals surface area contributed by atoms with Crippen LogP contribution in [0.4, 0.5) is 5.82 Å². The van der Waals surface area contributed by atoms with Crippen molar-refractivity contribution in [1.82, 2.24) is 20.3 Å². The molecule has 2 aromatic heterocycles. The smallest absolute Gasteiger partial charge is 0.269 e. The summed E-state index contributed by atoms with van der Waals surface area (Å²) in [6, 6.07) is 5.37. The fourth-order valence-electron chi connectivity index (χ4n) is 2.79. The molecule has 7 nitrogen and oxygen atoms in total. The molecule has 3 heterocycles. The van der Waals surface area contributed by atoms with E-state index in [1.807, 2.05) is 13.0 Å². The van der Waals surface area contributed by atoms with Gasteiger partial charge in [0.25, 0.3) is 5.91 Å². The third-order valence-corrected chi connectivity index (χ3v) is 3.96. The molecule has 7 heteroatoms. The molecule has 24 heavy (non-hydrogen) atoms. The molecule has 1 fully saturated rings. The van der Waals surface area contributed by atoms with Crippen LogP contribution in [0.3, 0.4) is 0 Å². The standard InChI is InChI=1S/C17H21N5O2/c1-12-19-8-6-16(21-12)22-9-3-4-14(11-22)24-13-5-7-20-15(10-13)17(23)18-2/h5-8,10,14H,3-4,9,11H2,1-2H3,(H,18,23). The highest BCUT2D eigenvalue weighted by Crippen LogP contribution is 2.22. The van der Waals surface area contributed by atoms with E-state index in [1.54, 1.807) is 31.6 Å². The van der Waals surface area contributed by atoms with Crippen LogP contribution in [0.25, 0.3) is 0 Å². The first kappa shape index (κ1) is 16.2. The number of pyridine rings is 1. The van der Waals surface area contributed by atoms with Gasteiger partial charge in [0.1, 0.15) is 29.2 Å². The molecule has 1 amide bonds. The van der Waals surface area contributed by atoms with Gasteiger partial charge in [-0.25, -0.2) is 9.97 Å². The number of carbonyl (C=O) groups is 1. The van der Waals surface area contributed by atoms with Crippen molar-refractivity contribution in [2.24, 2.45) is 0 Å². The minimum absolute atomic E-state index is 0.0500. The fourth-order valence-corrected chi connectivity index (χ4v) is 2.79. The molecule has 1 saturated heterocycles. The van der Waals surface area contributed by atoms with E-state index in [0.29, 0.717) is 11.4 Å². The van der Waals surface area contributed by atoms with Crippen LogP contribution >= 0.6 is 0 Å². The molecule has 0 saturated carbocycles. The Hall–Kier alpha value is -2.70. The quantitative estimate of drug-likeness (QED) is 0.918. The van der Waals surface area contributed by atoms with E-state index < -0.39 is 0 Å². The largest absolute Gasteiger partial charge is 0.488 e. The number of nitrogens with zero attached hydrogens (tertiary/aromatic N) is 4. The van der Waals surface area contributed by atoms with Crippen molar-refractivity contribution in [2.75, 3.05) is 25.0 Å². The number of nitrogens with one attached hydrogen (secondary N) is 1. The zero-order chi connectivity index (χ0) is 16.9. The van der Waals surface area contributed by atoms with E-state index in [9.17, 15) is 4.79 Å². The minimum Gasteiger partial charge on any atom is -0.488 e. The first-order valence-electron chi connectivity index (χ1n) is 8.05. The van der Waals surface area contributed by atoms with Gasteiger partial charge in [0.05, 0.1) is 6.54 Å². The van der Waals surface area contributed by atoms with Gasteiger partial charge in [-0.05, 0) is 31.9 Å². The molecule has 1 atom stereocenters. The summed E-state index contributed by atoms with van der Waals surface area (Å²) in [7, 11) is 1.58. The first-order chi connectivity index (χ1) is 11.7. The van der Waals surface area contributed by atoms with Crippen molar-refractivity contribution in [1.29, 1.82) is 0 Å². The van der Waals surface area contributed by atoms with E-state index >= 15 is 0 Å². The highest BCUT2D eigenvalue weighted by atomic mass is 16.5. The average molecular weight is 327 g/mol. The number of anilines is 1. The molecular weight excluding hydrogens is 306 g/mol. The maximum absolute atomic E-state index is 11.7. The molecule has 1 N–H and O–H groups in total. The number of hydrogen-bond donors (Lipinski definition) is 1. The molecule has 2 aromatic rings. The predicted octanol–water partition coefficient (Wildman–Crippen LogP) is 1.59. The summed E-state index contributed by atoms with van der Waals surface area (Å²) in [5.74, 6) is 2.13. The number of aryl methyl sites for hydroxylation is 1. The predicted molar refractivity (Wildman–Crippen MR) is 90.3 cm³/mol. The number of amides is 1. The van der Waals surface area contributed by atoms with Gasteiger partial charge in [0.15, 0.2) is 0 Å². The lowest BCUT2D eigenvalue weighted by molar-refractivity contribution is 0.0957. The number of piperidine rings is 1. The van der Waals surface area contributed by atoms with Gasteiger partial charge in [0.2, 0.25) is 0 Å². The van der Waals surface area contributed by atoms with Crippen molar-refractivity contribution >= 4 is 11.7 Å². The maximum Gasteiger partial charge on any atom is 0.269 e. The van der Waals surface area contributed by atoms with Gasteiger partial charge in [-0.2, -0.15) is 0 Å². The van der Waals surface area contributed by atoms with Crippen LogP contribution in [-0.4, -0.2) is 47.1 Å². The highest BCUT2D eigenvalue weighted by molar-refractivity contribution is 5.92. The van der Waals surface area contributed by atoms with Crippen molar-refractivity contribution in [3.8, 4) is 5.75 Å². The number of aromatic nitrogens is 3. The van der Waals surface area contributed by atoms with Crippen LogP contribution < -0.4 is 15.0 Å².